The van der Waals surface area contributed by atoms with Gasteiger partial charge in [-0.2, -0.15) is 4.98 Å². The van der Waals surface area contributed by atoms with Gasteiger partial charge in [0.1, 0.15) is 5.15 Å². The number of carbonyl (C=O) groups excluding carboxylic acids is 1. The molecular weight excluding hydrogens is 330 g/mol. The van der Waals surface area contributed by atoms with Crippen molar-refractivity contribution in [1.82, 2.24) is 19.6 Å². The van der Waals surface area contributed by atoms with Gasteiger partial charge in [0.25, 0.3) is 5.91 Å². The van der Waals surface area contributed by atoms with Gasteiger partial charge in [-0.3, -0.25) is 10.1 Å². The van der Waals surface area contributed by atoms with Gasteiger partial charge >= 0.3 is 0 Å². The highest BCUT2D eigenvalue weighted by atomic mass is 35.5. The summed E-state index contributed by atoms with van der Waals surface area (Å²) >= 11 is 5.72. The van der Waals surface area contributed by atoms with Gasteiger partial charge in [0.2, 0.25) is 5.95 Å². The van der Waals surface area contributed by atoms with Crippen LogP contribution in [0, 0.1) is 0 Å². The van der Waals surface area contributed by atoms with Crippen LogP contribution >= 0.6 is 11.6 Å². The fourth-order valence-corrected chi connectivity index (χ4v) is 2.38. The Bertz CT molecular complexity index is 1010. The molecule has 4 aromatic rings. The largest absolute Gasteiger partial charge is 0.472 e. The Labute approximate surface area is 140 Å². The fraction of sp³-hybridized carbons (Fsp3) is 0. The third-order valence-corrected chi connectivity index (χ3v) is 3.62. The molecule has 0 aliphatic heterocycles. The van der Waals surface area contributed by atoms with E-state index in [4.69, 9.17) is 16.0 Å². The molecule has 0 fully saturated rings. The highest BCUT2D eigenvalue weighted by molar-refractivity contribution is 6.29. The van der Waals surface area contributed by atoms with Crippen molar-refractivity contribution in [2.45, 2.75) is 0 Å². The number of pyridine rings is 2. The number of nitrogens with one attached hydrogen (secondary N) is 1. The van der Waals surface area contributed by atoms with Crippen LogP contribution < -0.4 is 5.32 Å². The first kappa shape index (κ1) is 14.4. The average Bonchev–Trinajstić information content (AvgIpc) is 3.24. The third-order valence-electron chi connectivity index (χ3n) is 3.39. The Kier molecular flexibility index (Phi) is 3.47. The molecule has 4 aromatic heterocycles. The third kappa shape index (κ3) is 2.61. The molecule has 4 heterocycles. The lowest BCUT2D eigenvalue weighted by Crippen LogP contribution is -2.13. The topological polar surface area (TPSA) is 85.3 Å². The van der Waals surface area contributed by atoms with Gasteiger partial charge in [0.15, 0.2) is 5.65 Å². The van der Waals surface area contributed by atoms with Crippen LogP contribution in [0.2, 0.25) is 5.15 Å². The number of hydrogen-bond donors (Lipinski definition) is 1. The van der Waals surface area contributed by atoms with E-state index in [-0.39, 0.29) is 11.9 Å². The Morgan fingerprint density at radius 2 is 2.12 bits per heavy atom. The molecule has 0 spiro atoms. The summed E-state index contributed by atoms with van der Waals surface area (Å²) in [6, 6.07) is 10.5. The Hall–Kier alpha value is -3.19. The van der Waals surface area contributed by atoms with Crippen molar-refractivity contribution in [3.05, 3.63) is 65.8 Å². The highest BCUT2D eigenvalue weighted by Gasteiger charge is 2.13. The minimum Gasteiger partial charge on any atom is -0.472 e. The standard InChI is InChI=1S/C16H10ClN5O2/c17-13-5-4-10(8-18-13)15(23)20-16-19-14-3-1-2-12(22(14)21-16)11-6-7-24-9-11/h1-9H,(H,20,21,23). The van der Waals surface area contributed by atoms with Gasteiger partial charge < -0.3 is 4.42 Å². The van der Waals surface area contributed by atoms with Gasteiger partial charge in [-0.1, -0.05) is 17.7 Å². The predicted octanol–water partition coefficient (Wildman–Crippen LogP) is 3.29. The van der Waals surface area contributed by atoms with Crippen LogP contribution in [0.1, 0.15) is 10.4 Å². The molecule has 1 N–H and O–H groups in total. The number of anilines is 1. The van der Waals surface area contributed by atoms with Crippen molar-refractivity contribution in [2.24, 2.45) is 0 Å². The molecule has 24 heavy (non-hydrogen) atoms. The van der Waals surface area contributed by atoms with Gasteiger partial charge in [0.05, 0.1) is 23.8 Å². The maximum Gasteiger partial charge on any atom is 0.259 e. The van der Waals surface area contributed by atoms with E-state index in [1.807, 2.05) is 18.2 Å². The van der Waals surface area contributed by atoms with Crippen molar-refractivity contribution >= 4 is 29.1 Å². The number of fused-ring (bicyclic) bond motifs is 1. The Morgan fingerprint density at radius 1 is 1.21 bits per heavy atom. The molecule has 1 amide bonds. The molecule has 0 unspecified atom stereocenters. The monoisotopic (exact) mass is 339 g/mol. The Morgan fingerprint density at radius 3 is 2.88 bits per heavy atom. The van der Waals surface area contributed by atoms with Crippen molar-refractivity contribution in [2.75, 3.05) is 5.32 Å². The molecule has 0 saturated carbocycles. The van der Waals surface area contributed by atoms with Gasteiger partial charge in [-0.15, -0.1) is 5.10 Å². The molecule has 0 saturated heterocycles. The van der Waals surface area contributed by atoms with Crippen LogP contribution in [0.5, 0.6) is 0 Å². The summed E-state index contributed by atoms with van der Waals surface area (Å²) in [7, 11) is 0. The molecule has 0 aromatic carbocycles. The van der Waals surface area contributed by atoms with Crippen molar-refractivity contribution in [3.63, 3.8) is 0 Å². The zero-order valence-corrected chi connectivity index (χ0v) is 12.9. The molecule has 0 radical (unpaired) electrons. The van der Waals surface area contributed by atoms with Crippen LogP contribution in [-0.2, 0) is 0 Å². The highest BCUT2D eigenvalue weighted by Crippen LogP contribution is 2.21. The lowest BCUT2D eigenvalue weighted by atomic mass is 10.2. The van der Waals surface area contributed by atoms with Gasteiger partial charge in [0, 0.05) is 11.8 Å². The molecule has 4 rings (SSSR count). The van der Waals surface area contributed by atoms with E-state index in [0.29, 0.717) is 16.4 Å². The molecule has 8 heteroatoms. The quantitative estimate of drug-likeness (QED) is 0.579. The molecule has 0 bridgehead atoms. The SMILES string of the molecule is O=C(Nc1nc2cccc(-c3ccoc3)n2n1)c1ccc(Cl)nc1. The summed E-state index contributed by atoms with van der Waals surface area (Å²) in [6.07, 6.45) is 4.60. The van der Waals surface area contributed by atoms with Crippen LogP contribution in [0.3, 0.4) is 0 Å². The maximum absolute atomic E-state index is 12.2. The molecule has 0 atom stereocenters. The first-order valence-corrected chi connectivity index (χ1v) is 7.40. The molecular formula is C16H10ClN5O2. The molecule has 0 aliphatic rings. The molecule has 118 valence electrons. The van der Waals surface area contributed by atoms with Crippen molar-refractivity contribution in [3.8, 4) is 11.3 Å². The summed E-state index contributed by atoms with van der Waals surface area (Å²) in [5.74, 6) is -0.161. The number of hydrogen-bond acceptors (Lipinski definition) is 5. The van der Waals surface area contributed by atoms with E-state index in [1.165, 1.54) is 6.20 Å². The summed E-state index contributed by atoms with van der Waals surface area (Å²) in [5.41, 5.74) is 2.65. The van der Waals surface area contributed by atoms with E-state index >= 15 is 0 Å². The average molecular weight is 340 g/mol. The van der Waals surface area contributed by atoms with Crippen molar-refractivity contribution < 1.29 is 9.21 Å². The number of aromatic nitrogens is 4. The van der Waals surface area contributed by atoms with Crippen LogP contribution in [0.15, 0.2) is 59.5 Å². The van der Waals surface area contributed by atoms with Crippen LogP contribution in [0.25, 0.3) is 16.9 Å². The van der Waals surface area contributed by atoms with E-state index < -0.39 is 0 Å². The number of halogens is 1. The zero-order valence-electron chi connectivity index (χ0n) is 12.2. The second-order valence-corrected chi connectivity index (χ2v) is 5.34. The maximum atomic E-state index is 12.2. The zero-order chi connectivity index (χ0) is 16.5. The van der Waals surface area contributed by atoms with Gasteiger partial charge in [-0.25, -0.2) is 9.50 Å². The first-order chi connectivity index (χ1) is 11.7. The number of nitrogens with zero attached hydrogens (tertiary/aromatic N) is 4. The molecule has 7 nitrogen and oxygen atoms in total. The van der Waals surface area contributed by atoms with Crippen LogP contribution in [-0.4, -0.2) is 25.5 Å². The minimum atomic E-state index is -0.361. The van der Waals surface area contributed by atoms with E-state index in [1.54, 1.807) is 35.2 Å². The summed E-state index contributed by atoms with van der Waals surface area (Å²) < 4.78 is 6.75. The lowest BCUT2D eigenvalue weighted by Gasteiger charge is -2.00. The Balaban J connectivity index is 1.67. The lowest BCUT2D eigenvalue weighted by molar-refractivity contribution is 0.102. The molecule has 0 aliphatic carbocycles. The fourth-order valence-electron chi connectivity index (χ4n) is 2.27. The number of furan rings is 1. The van der Waals surface area contributed by atoms with Crippen LogP contribution in [0.4, 0.5) is 5.95 Å². The van der Waals surface area contributed by atoms with Crippen molar-refractivity contribution in [1.29, 1.82) is 0 Å². The second kappa shape index (κ2) is 5.78. The number of amides is 1. The number of carbonyl (C=O) groups is 1. The van der Waals surface area contributed by atoms with E-state index in [2.05, 4.69) is 20.4 Å². The minimum absolute atomic E-state index is 0.200. The van der Waals surface area contributed by atoms with Gasteiger partial charge in [-0.05, 0) is 30.3 Å². The smallest absolute Gasteiger partial charge is 0.259 e. The normalized spacial score (nSPS) is 10.9. The summed E-state index contributed by atoms with van der Waals surface area (Å²) in [6.45, 7) is 0. The van der Waals surface area contributed by atoms with E-state index in [9.17, 15) is 4.79 Å². The first-order valence-electron chi connectivity index (χ1n) is 7.02. The van der Waals surface area contributed by atoms with E-state index in [0.717, 1.165) is 11.3 Å². The number of rotatable bonds is 3. The second-order valence-electron chi connectivity index (χ2n) is 4.95. The summed E-state index contributed by atoms with van der Waals surface area (Å²) in [4.78, 5) is 20.4. The predicted molar refractivity (Wildman–Crippen MR) is 87.9 cm³/mol. The summed E-state index contributed by atoms with van der Waals surface area (Å²) in [5, 5.41) is 7.31.